The van der Waals surface area contributed by atoms with Gasteiger partial charge in [0.05, 0.1) is 6.26 Å². The molecule has 0 amide bonds. The first-order chi connectivity index (χ1) is 10.7. The third kappa shape index (κ3) is 5.34. The van der Waals surface area contributed by atoms with Crippen LogP contribution in [-0.2, 0) is 0 Å². The van der Waals surface area contributed by atoms with Gasteiger partial charge in [0.15, 0.2) is 0 Å². The van der Waals surface area contributed by atoms with Gasteiger partial charge in [-0.15, -0.1) is 0 Å². The van der Waals surface area contributed by atoms with Crippen molar-refractivity contribution in [3.05, 3.63) is 60.1 Å². The molecule has 2 heteroatoms. The Labute approximate surface area is 134 Å². The van der Waals surface area contributed by atoms with E-state index in [1.54, 1.807) is 6.26 Å². The molecule has 22 heavy (non-hydrogen) atoms. The molecule has 1 heterocycles. The zero-order valence-corrected chi connectivity index (χ0v) is 14.1. The van der Waals surface area contributed by atoms with Gasteiger partial charge >= 0.3 is 0 Å². The van der Waals surface area contributed by atoms with Crippen LogP contribution in [0.15, 0.2) is 53.1 Å². The standard InChI is InChI=1S/C20H29NO/c1-16(2)11-12-19(20-10-7-15-22-20)13-14-21-17(3)18-8-5-4-6-9-18/h4-10,15-17,19,21H,11-14H2,1-3H3/t17-,19-/m1/s1. The highest BCUT2D eigenvalue weighted by Crippen LogP contribution is 2.27. The Bertz CT molecular complexity index is 504. The van der Waals surface area contributed by atoms with Crippen molar-refractivity contribution in [2.75, 3.05) is 6.54 Å². The lowest BCUT2D eigenvalue weighted by atomic mass is 9.93. The van der Waals surface area contributed by atoms with E-state index in [-0.39, 0.29) is 0 Å². The quantitative estimate of drug-likeness (QED) is 0.657. The summed E-state index contributed by atoms with van der Waals surface area (Å²) in [6, 6.07) is 15.1. The summed E-state index contributed by atoms with van der Waals surface area (Å²) >= 11 is 0. The fraction of sp³-hybridized carbons (Fsp3) is 0.500. The third-order valence-electron chi connectivity index (χ3n) is 4.28. The highest BCUT2D eigenvalue weighted by Gasteiger charge is 2.15. The molecule has 1 aromatic heterocycles. The maximum atomic E-state index is 5.64. The van der Waals surface area contributed by atoms with Crippen LogP contribution in [0.5, 0.6) is 0 Å². The smallest absolute Gasteiger partial charge is 0.106 e. The second-order valence-corrected chi connectivity index (χ2v) is 6.56. The monoisotopic (exact) mass is 299 g/mol. The van der Waals surface area contributed by atoms with E-state index >= 15 is 0 Å². The molecule has 2 nitrogen and oxygen atoms in total. The van der Waals surface area contributed by atoms with Crippen molar-refractivity contribution in [3.8, 4) is 0 Å². The van der Waals surface area contributed by atoms with Gasteiger partial charge in [-0.1, -0.05) is 50.6 Å². The SMILES string of the molecule is CC(C)CC[C@H](CCN[C@H](C)c1ccccc1)c1ccco1. The van der Waals surface area contributed by atoms with E-state index in [4.69, 9.17) is 4.42 Å². The summed E-state index contributed by atoms with van der Waals surface area (Å²) < 4.78 is 5.64. The van der Waals surface area contributed by atoms with Gasteiger partial charge in [0.1, 0.15) is 5.76 Å². The molecule has 0 saturated carbocycles. The largest absolute Gasteiger partial charge is 0.469 e. The van der Waals surface area contributed by atoms with Crippen LogP contribution in [-0.4, -0.2) is 6.54 Å². The fourth-order valence-corrected chi connectivity index (χ4v) is 2.82. The molecule has 0 fully saturated rings. The zero-order valence-electron chi connectivity index (χ0n) is 14.1. The molecule has 0 spiro atoms. The number of hydrogen-bond acceptors (Lipinski definition) is 2. The molecule has 0 radical (unpaired) electrons. The Hall–Kier alpha value is -1.54. The van der Waals surface area contributed by atoms with Crippen molar-refractivity contribution in [2.24, 2.45) is 5.92 Å². The van der Waals surface area contributed by atoms with E-state index in [0.29, 0.717) is 12.0 Å². The summed E-state index contributed by atoms with van der Waals surface area (Å²) in [5.74, 6) is 2.40. The lowest BCUT2D eigenvalue weighted by Crippen LogP contribution is -2.21. The van der Waals surface area contributed by atoms with Crippen LogP contribution in [0.4, 0.5) is 0 Å². The topological polar surface area (TPSA) is 25.2 Å². The van der Waals surface area contributed by atoms with Crippen molar-refractivity contribution in [1.29, 1.82) is 0 Å². The predicted octanol–water partition coefficient (Wildman–Crippen LogP) is 5.54. The van der Waals surface area contributed by atoms with Gasteiger partial charge in [0.2, 0.25) is 0 Å². The first-order valence-electron chi connectivity index (χ1n) is 8.48. The minimum atomic E-state index is 0.392. The predicted molar refractivity (Wildman–Crippen MR) is 93.0 cm³/mol. The Balaban J connectivity index is 1.83. The van der Waals surface area contributed by atoms with Crippen LogP contribution < -0.4 is 5.32 Å². The number of rotatable bonds is 9. The Morgan fingerprint density at radius 1 is 0.909 bits per heavy atom. The van der Waals surface area contributed by atoms with E-state index in [9.17, 15) is 0 Å². The van der Waals surface area contributed by atoms with Crippen molar-refractivity contribution in [2.45, 2.75) is 52.0 Å². The molecule has 2 rings (SSSR count). The molecule has 0 bridgehead atoms. The Morgan fingerprint density at radius 3 is 2.32 bits per heavy atom. The molecule has 120 valence electrons. The van der Waals surface area contributed by atoms with Crippen LogP contribution in [0.2, 0.25) is 0 Å². The van der Waals surface area contributed by atoms with Gasteiger partial charge in [-0.25, -0.2) is 0 Å². The second kappa shape index (κ2) is 8.79. The van der Waals surface area contributed by atoms with Gasteiger partial charge in [0.25, 0.3) is 0 Å². The summed E-state index contributed by atoms with van der Waals surface area (Å²) in [5.41, 5.74) is 1.35. The van der Waals surface area contributed by atoms with Gasteiger partial charge in [-0.05, 0) is 49.9 Å². The van der Waals surface area contributed by atoms with Crippen LogP contribution >= 0.6 is 0 Å². The summed E-state index contributed by atoms with van der Waals surface area (Å²) in [6.07, 6.45) is 5.36. The summed E-state index contributed by atoms with van der Waals surface area (Å²) in [4.78, 5) is 0. The van der Waals surface area contributed by atoms with Crippen LogP contribution in [0.25, 0.3) is 0 Å². The maximum absolute atomic E-state index is 5.64. The molecule has 1 aromatic carbocycles. The summed E-state index contributed by atoms with van der Waals surface area (Å²) in [6.45, 7) is 7.81. The zero-order chi connectivity index (χ0) is 15.8. The van der Waals surface area contributed by atoms with Crippen molar-refractivity contribution < 1.29 is 4.42 Å². The summed E-state index contributed by atoms with van der Waals surface area (Å²) in [5, 5.41) is 3.64. The molecule has 1 N–H and O–H groups in total. The van der Waals surface area contributed by atoms with E-state index in [0.717, 1.165) is 24.6 Å². The van der Waals surface area contributed by atoms with Crippen molar-refractivity contribution in [1.82, 2.24) is 5.32 Å². The highest BCUT2D eigenvalue weighted by molar-refractivity contribution is 5.18. The molecule has 0 unspecified atom stereocenters. The van der Waals surface area contributed by atoms with Gasteiger partial charge in [-0.2, -0.15) is 0 Å². The van der Waals surface area contributed by atoms with Gasteiger partial charge in [0, 0.05) is 12.0 Å². The van der Waals surface area contributed by atoms with Gasteiger partial charge in [-0.3, -0.25) is 0 Å². The van der Waals surface area contributed by atoms with Crippen molar-refractivity contribution >= 4 is 0 Å². The molecule has 0 aliphatic heterocycles. The maximum Gasteiger partial charge on any atom is 0.106 e. The Morgan fingerprint density at radius 2 is 1.68 bits per heavy atom. The number of benzene rings is 1. The van der Waals surface area contributed by atoms with Crippen LogP contribution in [0.1, 0.15) is 63.3 Å². The molecule has 2 atom stereocenters. The average molecular weight is 299 g/mol. The van der Waals surface area contributed by atoms with E-state index in [1.807, 2.05) is 6.07 Å². The lowest BCUT2D eigenvalue weighted by Gasteiger charge is -2.19. The van der Waals surface area contributed by atoms with Crippen LogP contribution in [0, 0.1) is 5.92 Å². The van der Waals surface area contributed by atoms with Gasteiger partial charge < -0.3 is 9.73 Å². The first-order valence-corrected chi connectivity index (χ1v) is 8.48. The first kappa shape index (κ1) is 16.8. The third-order valence-corrected chi connectivity index (χ3v) is 4.28. The Kier molecular flexibility index (Phi) is 6.73. The normalized spacial score (nSPS) is 14.2. The fourth-order valence-electron chi connectivity index (χ4n) is 2.82. The van der Waals surface area contributed by atoms with E-state index in [1.165, 1.54) is 18.4 Å². The molecule has 2 aromatic rings. The molecular weight excluding hydrogens is 270 g/mol. The minimum absolute atomic E-state index is 0.392. The average Bonchev–Trinajstić information content (AvgIpc) is 3.05. The number of furan rings is 1. The van der Waals surface area contributed by atoms with Crippen molar-refractivity contribution in [3.63, 3.8) is 0 Å². The van der Waals surface area contributed by atoms with Crippen LogP contribution in [0.3, 0.4) is 0 Å². The van der Waals surface area contributed by atoms with E-state index in [2.05, 4.69) is 62.5 Å². The summed E-state index contributed by atoms with van der Waals surface area (Å²) in [7, 11) is 0. The minimum Gasteiger partial charge on any atom is -0.469 e. The molecular formula is C20H29NO. The lowest BCUT2D eigenvalue weighted by molar-refractivity contribution is 0.392. The second-order valence-electron chi connectivity index (χ2n) is 6.56. The molecule has 0 aliphatic rings. The van der Waals surface area contributed by atoms with E-state index < -0.39 is 0 Å². The highest BCUT2D eigenvalue weighted by atomic mass is 16.3. The number of hydrogen-bond donors (Lipinski definition) is 1. The molecule has 0 aliphatic carbocycles. The number of nitrogens with one attached hydrogen (secondary N) is 1. The molecule has 0 saturated heterocycles.